The van der Waals surface area contributed by atoms with Crippen molar-refractivity contribution < 1.29 is 19.1 Å². The fraction of sp³-hybridized carbons (Fsp3) is 0.429. The van der Waals surface area contributed by atoms with E-state index in [2.05, 4.69) is 5.32 Å². The summed E-state index contributed by atoms with van der Waals surface area (Å²) in [4.78, 5) is 22.7. The van der Waals surface area contributed by atoms with Gasteiger partial charge in [-0.3, -0.25) is 9.59 Å². The fourth-order valence-electron chi connectivity index (χ4n) is 1.89. The number of carbonyl (C=O) groups excluding carboxylic acids is 1. The number of benzene rings is 1. The van der Waals surface area contributed by atoms with Crippen molar-refractivity contribution in [1.82, 2.24) is 5.32 Å². The first-order valence-corrected chi connectivity index (χ1v) is 6.22. The number of carbonyl (C=O) groups is 2. The molecule has 1 unspecified atom stereocenters. The van der Waals surface area contributed by atoms with Crippen LogP contribution in [0, 0.1) is 12.7 Å². The molecule has 1 rings (SSSR count). The number of halogens is 1. The normalized spacial score (nSPS) is 11.9. The number of nitrogens with one attached hydrogen (secondary N) is 1. The molecule has 0 saturated heterocycles. The second-order valence-electron chi connectivity index (χ2n) is 4.52. The maximum Gasteiger partial charge on any atom is 0.305 e. The first-order valence-electron chi connectivity index (χ1n) is 6.22. The van der Waals surface area contributed by atoms with Gasteiger partial charge in [0.05, 0.1) is 6.42 Å². The van der Waals surface area contributed by atoms with Gasteiger partial charge in [0.15, 0.2) is 0 Å². The molecule has 0 fully saturated rings. The summed E-state index contributed by atoms with van der Waals surface area (Å²) in [5.74, 6) is -1.88. The number of carboxylic acids is 1. The lowest BCUT2D eigenvalue weighted by atomic mass is 10.1. The molecule has 0 aliphatic heterocycles. The van der Waals surface area contributed by atoms with Gasteiger partial charge >= 0.3 is 5.97 Å². The topological polar surface area (TPSA) is 66.4 Å². The van der Waals surface area contributed by atoms with Gasteiger partial charge in [-0.05, 0) is 31.0 Å². The van der Waals surface area contributed by atoms with Gasteiger partial charge in [0.2, 0.25) is 0 Å². The van der Waals surface area contributed by atoms with E-state index in [4.69, 9.17) is 5.11 Å². The zero-order valence-corrected chi connectivity index (χ0v) is 11.1. The molecule has 0 aromatic heterocycles. The fourth-order valence-corrected chi connectivity index (χ4v) is 1.89. The number of aryl methyl sites for hydroxylation is 1. The van der Waals surface area contributed by atoms with Crippen molar-refractivity contribution >= 4 is 11.9 Å². The van der Waals surface area contributed by atoms with Crippen LogP contribution in [0.4, 0.5) is 4.39 Å². The number of amides is 1. The summed E-state index contributed by atoms with van der Waals surface area (Å²) in [6, 6.07) is 3.54. The molecule has 0 bridgehead atoms. The van der Waals surface area contributed by atoms with E-state index in [1.807, 2.05) is 6.92 Å². The predicted molar refractivity (Wildman–Crippen MR) is 69.6 cm³/mol. The number of hydrogen-bond donors (Lipinski definition) is 2. The Morgan fingerprint density at radius 2 is 2.11 bits per heavy atom. The Morgan fingerprint density at radius 1 is 1.42 bits per heavy atom. The third-order valence-electron chi connectivity index (χ3n) is 2.84. The molecule has 1 atom stereocenters. The van der Waals surface area contributed by atoms with Gasteiger partial charge in [0.1, 0.15) is 5.82 Å². The molecular formula is C14H18FNO3. The van der Waals surface area contributed by atoms with Crippen molar-refractivity contribution in [2.24, 2.45) is 0 Å². The highest BCUT2D eigenvalue weighted by Gasteiger charge is 2.17. The quantitative estimate of drug-likeness (QED) is 0.832. The second-order valence-corrected chi connectivity index (χ2v) is 4.52. The number of hydrogen-bond acceptors (Lipinski definition) is 2. The van der Waals surface area contributed by atoms with Crippen molar-refractivity contribution in [3.8, 4) is 0 Å². The van der Waals surface area contributed by atoms with Crippen LogP contribution in [0.15, 0.2) is 18.2 Å². The van der Waals surface area contributed by atoms with Crippen molar-refractivity contribution in [1.29, 1.82) is 0 Å². The molecule has 0 aliphatic rings. The number of aliphatic carboxylic acids is 1. The first kappa shape index (κ1) is 15.1. The molecule has 0 saturated carbocycles. The van der Waals surface area contributed by atoms with E-state index >= 15 is 0 Å². The lowest BCUT2D eigenvalue weighted by Crippen LogP contribution is -2.36. The van der Waals surface area contributed by atoms with E-state index < -0.39 is 23.7 Å². The van der Waals surface area contributed by atoms with Crippen molar-refractivity contribution in [3.05, 3.63) is 35.1 Å². The van der Waals surface area contributed by atoms with Crippen LogP contribution in [-0.2, 0) is 4.79 Å². The minimum absolute atomic E-state index is 0.131. The maximum absolute atomic E-state index is 13.1. The molecule has 19 heavy (non-hydrogen) atoms. The number of rotatable bonds is 6. The van der Waals surface area contributed by atoms with Crippen LogP contribution in [0.1, 0.15) is 42.1 Å². The Kier molecular flexibility index (Phi) is 5.48. The maximum atomic E-state index is 13.1. The summed E-state index contributed by atoms with van der Waals surface area (Å²) in [7, 11) is 0. The van der Waals surface area contributed by atoms with Crippen LogP contribution in [-0.4, -0.2) is 23.0 Å². The Hall–Kier alpha value is -1.91. The molecule has 1 aromatic rings. The van der Waals surface area contributed by atoms with Crippen LogP contribution in [0.5, 0.6) is 0 Å². The SMILES string of the molecule is CCCC(CC(=O)O)NC(=O)c1cc(F)ccc1C. The van der Waals surface area contributed by atoms with Crippen LogP contribution >= 0.6 is 0 Å². The highest BCUT2D eigenvalue weighted by Crippen LogP contribution is 2.11. The highest BCUT2D eigenvalue weighted by atomic mass is 19.1. The molecule has 0 radical (unpaired) electrons. The van der Waals surface area contributed by atoms with Crippen LogP contribution in [0.2, 0.25) is 0 Å². The summed E-state index contributed by atoms with van der Waals surface area (Å²) in [6.45, 7) is 3.62. The molecule has 1 amide bonds. The Labute approximate surface area is 111 Å². The van der Waals surface area contributed by atoms with E-state index in [0.717, 1.165) is 12.5 Å². The van der Waals surface area contributed by atoms with Gasteiger partial charge in [0.25, 0.3) is 5.91 Å². The third-order valence-corrected chi connectivity index (χ3v) is 2.84. The molecule has 5 heteroatoms. The van der Waals surface area contributed by atoms with Gasteiger partial charge < -0.3 is 10.4 Å². The minimum Gasteiger partial charge on any atom is -0.481 e. The smallest absolute Gasteiger partial charge is 0.305 e. The Bertz CT molecular complexity index is 474. The van der Waals surface area contributed by atoms with E-state index in [9.17, 15) is 14.0 Å². The summed E-state index contributed by atoms with van der Waals surface area (Å²) in [5.41, 5.74) is 0.899. The van der Waals surface area contributed by atoms with E-state index in [0.29, 0.717) is 12.0 Å². The van der Waals surface area contributed by atoms with E-state index in [1.54, 1.807) is 6.92 Å². The Morgan fingerprint density at radius 3 is 2.68 bits per heavy atom. The summed E-state index contributed by atoms with van der Waals surface area (Å²) in [5, 5.41) is 11.4. The average Bonchev–Trinajstić information content (AvgIpc) is 2.31. The predicted octanol–water partition coefficient (Wildman–Crippen LogP) is 2.51. The van der Waals surface area contributed by atoms with Gasteiger partial charge in [-0.1, -0.05) is 19.4 Å². The zero-order chi connectivity index (χ0) is 14.4. The Balaban J connectivity index is 2.81. The summed E-state index contributed by atoms with van der Waals surface area (Å²) < 4.78 is 13.1. The zero-order valence-electron chi connectivity index (χ0n) is 11.1. The van der Waals surface area contributed by atoms with Gasteiger partial charge in [-0.2, -0.15) is 0 Å². The summed E-state index contributed by atoms with van der Waals surface area (Å²) >= 11 is 0. The van der Waals surface area contributed by atoms with Gasteiger partial charge in [-0.25, -0.2) is 4.39 Å². The minimum atomic E-state index is -0.963. The van der Waals surface area contributed by atoms with Gasteiger partial charge in [0, 0.05) is 11.6 Å². The molecule has 0 spiro atoms. The average molecular weight is 267 g/mol. The van der Waals surface area contributed by atoms with Crippen LogP contribution in [0.25, 0.3) is 0 Å². The molecule has 104 valence electrons. The standard InChI is InChI=1S/C14H18FNO3/c1-3-4-11(8-13(17)18)16-14(19)12-7-10(15)6-5-9(12)2/h5-7,11H,3-4,8H2,1-2H3,(H,16,19)(H,17,18). The molecular weight excluding hydrogens is 249 g/mol. The van der Waals surface area contributed by atoms with Crippen LogP contribution < -0.4 is 5.32 Å². The molecule has 0 heterocycles. The second kappa shape index (κ2) is 6.87. The highest BCUT2D eigenvalue weighted by molar-refractivity contribution is 5.96. The largest absolute Gasteiger partial charge is 0.481 e. The molecule has 2 N–H and O–H groups in total. The lowest BCUT2D eigenvalue weighted by Gasteiger charge is -2.17. The van der Waals surface area contributed by atoms with E-state index in [1.165, 1.54) is 12.1 Å². The van der Waals surface area contributed by atoms with Crippen molar-refractivity contribution in [2.45, 2.75) is 39.2 Å². The van der Waals surface area contributed by atoms with Gasteiger partial charge in [-0.15, -0.1) is 0 Å². The third kappa shape index (κ3) is 4.69. The molecule has 1 aromatic carbocycles. The lowest BCUT2D eigenvalue weighted by molar-refractivity contribution is -0.137. The van der Waals surface area contributed by atoms with Crippen molar-refractivity contribution in [2.75, 3.05) is 0 Å². The van der Waals surface area contributed by atoms with E-state index in [-0.39, 0.29) is 12.0 Å². The molecule has 0 aliphatic carbocycles. The first-order chi connectivity index (χ1) is 8.93. The summed E-state index contributed by atoms with van der Waals surface area (Å²) in [6.07, 6.45) is 1.21. The molecule has 4 nitrogen and oxygen atoms in total. The van der Waals surface area contributed by atoms with Crippen LogP contribution in [0.3, 0.4) is 0 Å². The number of carboxylic acid groups (broad SMARTS) is 1. The van der Waals surface area contributed by atoms with Crippen molar-refractivity contribution in [3.63, 3.8) is 0 Å². The monoisotopic (exact) mass is 267 g/mol.